The van der Waals surface area contributed by atoms with Gasteiger partial charge in [-0.3, -0.25) is 19.5 Å². The summed E-state index contributed by atoms with van der Waals surface area (Å²) < 4.78 is 5.44. The second-order valence-corrected chi connectivity index (χ2v) is 7.44. The number of carbonyl (C=O) groups is 2. The van der Waals surface area contributed by atoms with Crippen LogP contribution in [0.4, 0.5) is 5.69 Å². The van der Waals surface area contributed by atoms with Crippen LogP contribution in [0.5, 0.6) is 5.75 Å². The Balaban J connectivity index is 2.00. The number of rotatable bonds is 4. The number of pyridine rings is 1. The molecule has 4 rings (SSSR count). The zero-order valence-corrected chi connectivity index (χ0v) is 17.5. The summed E-state index contributed by atoms with van der Waals surface area (Å²) in [4.78, 5) is 31.9. The molecule has 3 aromatic rings. The number of amides is 1. The molecule has 6 nitrogen and oxygen atoms in total. The van der Waals surface area contributed by atoms with Crippen molar-refractivity contribution < 1.29 is 19.4 Å². The van der Waals surface area contributed by atoms with Gasteiger partial charge in [-0.15, -0.1) is 0 Å². The van der Waals surface area contributed by atoms with Crippen LogP contribution in [-0.4, -0.2) is 28.9 Å². The van der Waals surface area contributed by atoms with Gasteiger partial charge in [0.25, 0.3) is 11.7 Å². The number of aromatic nitrogens is 1. The number of hydrogen-bond acceptors (Lipinski definition) is 5. The standard InChI is InChI=1S/C25H22N2O4/c1-15-8-9-16(2)18(14-15)23(28)21-22(17-10-12-26-13-11-17)27(25(30)24(21)29)19-6-4-5-7-20(19)31-3/h4-14,22,28H,1-3H3/b23-21+. The van der Waals surface area contributed by atoms with Gasteiger partial charge in [-0.05, 0) is 55.3 Å². The molecule has 31 heavy (non-hydrogen) atoms. The molecule has 1 aromatic heterocycles. The lowest BCUT2D eigenvalue weighted by Gasteiger charge is -2.26. The third-order valence-corrected chi connectivity index (χ3v) is 5.46. The van der Waals surface area contributed by atoms with Crippen LogP contribution in [0.2, 0.25) is 0 Å². The topological polar surface area (TPSA) is 79.7 Å². The van der Waals surface area contributed by atoms with Crippen LogP contribution < -0.4 is 9.64 Å². The van der Waals surface area contributed by atoms with Crippen molar-refractivity contribution in [3.8, 4) is 5.75 Å². The summed E-state index contributed by atoms with van der Waals surface area (Å²) in [5.41, 5.74) is 3.42. The monoisotopic (exact) mass is 414 g/mol. The highest BCUT2D eigenvalue weighted by Gasteiger charge is 2.47. The summed E-state index contributed by atoms with van der Waals surface area (Å²) in [6, 6.07) is 15.3. The van der Waals surface area contributed by atoms with E-state index in [4.69, 9.17) is 4.74 Å². The van der Waals surface area contributed by atoms with Crippen LogP contribution in [0.3, 0.4) is 0 Å². The molecule has 2 aromatic carbocycles. The van der Waals surface area contributed by atoms with E-state index in [0.29, 0.717) is 22.6 Å². The summed E-state index contributed by atoms with van der Waals surface area (Å²) in [6.07, 6.45) is 3.19. The minimum atomic E-state index is -0.820. The molecule has 0 aliphatic carbocycles. The van der Waals surface area contributed by atoms with Gasteiger partial charge in [-0.1, -0.05) is 29.8 Å². The van der Waals surface area contributed by atoms with Gasteiger partial charge >= 0.3 is 0 Å². The van der Waals surface area contributed by atoms with E-state index >= 15 is 0 Å². The minimum Gasteiger partial charge on any atom is -0.507 e. The average molecular weight is 414 g/mol. The lowest BCUT2D eigenvalue weighted by atomic mass is 9.93. The molecule has 6 heteroatoms. The Morgan fingerprint density at radius 3 is 2.45 bits per heavy atom. The fraction of sp³-hybridized carbons (Fsp3) is 0.160. The van der Waals surface area contributed by atoms with Crippen molar-refractivity contribution in [1.29, 1.82) is 0 Å². The van der Waals surface area contributed by atoms with Crippen LogP contribution in [0.15, 0.2) is 72.6 Å². The first-order chi connectivity index (χ1) is 14.9. The molecule has 2 heterocycles. The van der Waals surface area contributed by atoms with Crippen molar-refractivity contribution in [3.63, 3.8) is 0 Å². The molecule has 156 valence electrons. The Kier molecular flexibility index (Phi) is 5.29. The molecule has 1 atom stereocenters. The Hall–Kier alpha value is -3.93. The number of para-hydroxylation sites is 2. The van der Waals surface area contributed by atoms with E-state index in [1.54, 1.807) is 48.8 Å². The molecule has 1 saturated heterocycles. The van der Waals surface area contributed by atoms with Crippen molar-refractivity contribution in [2.45, 2.75) is 19.9 Å². The van der Waals surface area contributed by atoms with Gasteiger partial charge in [-0.2, -0.15) is 0 Å². The number of benzene rings is 2. The van der Waals surface area contributed by atoms with E-state index in [1.165, 1.54) is 12.0 Å². The molecule has 0 bridgehead atoms. The molecule has 1 aliphatic rings. The van der Waals surface area contributed by atoms with Crippen LogP contribution in [0, 0.1) is 13.8 Å². The molecule has 1 unspecified atom stereocenters. The first-order valence-corrected chi connectivity index (χ1v) is 9.85. The third kappa shape index (κ3) is 3.46. The van der Waals surface area contributed by atoms with Gasteiger partial charge in [0.2, 0.25) is 0 Å². The highest BCUT2D eigenvalue weighted by molar-refractivity contribution is 6.52. The number of aliphatic hydroxyl groups is 1. The quantitative estimate of drug-likeness (QED) is 0.390. The highest BCUT2D eigenvalue weighted by Crippen LogP contribution is 2.44. The first-order valence-electron chi connectivity index (χ1n) is 9.85. The fourth-order valence-electron chi connectivity index (χ4n) is 3.91. The van der Waals surface area contributed by atoms with Gasteiger partial charge in [0, 0.05) is 18.0 Å². The number of nitrogens with zero attached hydrogens (tertiary/aromatic N) is 2. The molecule has 0 radical (unpaired) electrons. The molecule has 1 N–H and O–H groups in total. The second-order valence-electron chi connectivity index (χ2n) is 7.44. The van der Waals surface area contributed by atoms with Gasteiger partial charge < -0.3 is 9.84 Å². The Labute approximate surface area is 180 Å². The van der Waals surface area contributed by atoms with E-state index in [0.717, 1.165) is 11.1 Å². The lowest BCUT2D eigenvalue weighted by Crippen LogP contribution is -2.29. The normalized spacial score (nSPS) is 17.8. The van der Waals surface area contributed by atoms with Crippen molar-refractivity contribution >= 4 is 23.1 Å². The van der Waals surface area contributed by atoms with Crippen LogP contribution in [0.25, 0.3) is 5.76 Å². The fourth-order valence-corrected chi connectivity index (χ4v) is 3.91. The Bertz CT molecular complexity index is 1200. The van der Waals surface area contributed by atoms with Crippen LogP contribution in [0.1, 0.15) is 28.3 Å². The number of hydrogen-bond donors (Lipinski definition) is 1. The largest absolute Gasteiger partial charge is 0.507 e. The van der Waals surface area contributed by atoms with Crippen LogP contribution in [-0.2, 0) is 9.59 Å². The number of ether oxygens (including phenoxy) is 1. The zero-order chi connectivity index (χ0) is 22.1. The van der Waals surface area contributed by atoms with E-state index in [-0.39, 0.29) is 11.3 Å². The second kappa shape index (κ2) is 8.07. The smallest absolute Gasteiger partial charge is 0.300 e. The lowest BCUT2D eigenvalue weighted by molar-refractivity contribution is -0.132. The SMILES string of the molecule is COc1ccccc1N1C(=O)C(=O)/C(=C(/O)c2cc(C)ccc2C)C1c1ccncc1. The predicted octanol–water partition coefficient (Wildman–Crippen LogP) is 4.33. The molecular formula is C25H22N2O4. The molecular weight excluding hydrogens is 392 g/mol. The van der Waals surface area contributed by atoms with Crippen molar-refractivity contribution in [1.82, 2.24) is 4.98 Å². The maximum absolute atomic E-state index is 13.2. The molecule has 1 fully saturated rings. The zero-order valence-electron chi connectivity index (χ0n) is 17.5. The van der Waals surface area contributed by atoms with Gasteiger partial charge in [0.05, 0.1) is 24.4 Å². The Morgan fingerprint density at radius 2 is 1.74 bits per heavy atom. The maximum Gasteiger partial charge on any atom is 0.300 e. The summed E-state index contributed by atoms with van der Waals surface area (Å²) in [6.45, 7) is 3.76. The van der Waals surface area contributed by atoms with Crippen molar-refractivity contribution in [2.24, 2.45) is 0 Å². The average Bonchev–Trinajstić information content (AvgIpc) is 3.06. The molecule has 0 spiro atoms. The van der Waals surface area contributed by atoms with Crippen molar-refractivity contribution in [3.05, 3.63) is 94.8 Å². The highest BCUT2D eigenvalue weighted by atomic mass is 16.5. The summed E-state index contributed by atoms with van der Waals surface area (Å²) in [7, 11) is 1.51. The van der Waals surface area contributed by atoms with Gasteiger partial charge in [0.1, 0.15) is 11.5 Å². The Morgan fingerprint density at radius 1 is 1.03 bits per heavy atom. The predicted molar refractivity (Wildman–Crippen MR) is 118 cm³/mol. The van der Waals surface area contributed by atoms with Crippen LogP contribution >= 0.6 is 0 Å². The number of aryl methyl sites for hydroxylation is 2. The van der Waals surface area contributed by atoms with E-state index in [2.05, 4.69) is 4.98 Å². The number of methoxy groups -OCH3 is 1. The number of aliphatic hydroxyl groups excluding tert-OH is 1. The van der Waals surface area contributed by atoms with E-state index in [9.17, 15) is 14.7 Å². The van der Waals surface area contributed by atoms with Crippen molar-refractivity contribution in [2.75, 3.05) is 12.0 Å². The molecule has 0 saturated carbocycles. The summed E-state index contributed by atoms with van der Waals surface area (Å²) >= 11 is 0. The first kappa shape index (κ1) is 20.3. The number of Topliss-reactive ketones (excluding diaryl/α,β-unsaturated/α-hetero) is 1. The molecule has 1 aliphatic heterocycles. The number of ketones is 1. The van der Waals surface area contributed by atoms with Gasteiger partial charge in [0.15, 0.2) is 0 Å². The number of anilines is 1. The van der Waals surface area contributed by atoms with Gasteiger partial charge in [-0.25, -0.2) is 0 Å². The summed E-state index contributed by atoms with van der Waals surface area (Å²) in [5.74, 6) is -1.21. The number of carbonyl (C=O) groups excluding carboxylic acids is 2. The minimum absolute atomic E-state index is 0.0378. The van der Waals surface area contributed by atoms with E-state index < -0.39 is 17.7 Å². The van der Waals surface area contributed by atoms with E-state index in [1.807, 2.05) is 32.0 Å². The molecule has 1 amide bonds. The summed E-state index contributed by atoms with van der Waals surface area (Å²) in [5, 5.41) is 11.3. The maximum atomic E-state index is 13.2. The third-order valence-electron chi connectivity index (χ3n) is 5.46.